The molecule has 1 atom stereocenters. The molecule has 0 fully saturated rings. The summed E-state index contributed by atoms with van der Waals surface area (Å²) in [6.07, 6.45) is -0.599. The number of rotatable bonds is 4. The van der Waals surface area contributed by atoms with Crippen molar-refractivity contribution in [2.24, 2.45) is 0 Å². The lowest BCUT2D eigenvalue weighted by Gasteiger charge is -2.22. The van der Waals surface area contributed by atoms with E-state index in [0.29, 0.717) is 12.2 Å². The fraction of sp³-hybridized carbons (Fsp3) is 0.353. The van der Waals surface area contributed by atoms with Crippen LogP contribution in [0.4, 0.5) is 0 Å². The Morgan fingerprint density at radius 1 is 1.05 bits per heavy atom. The zero-order valence-corrected chi connectivity index (χ0v) is 12.3. The maximum absolute atomic E-state index is 10.2. The quantitative estimate of drug-likeness (QED) is 0.897. The van der Waals surface area contributed by atoms with E-state index in [-0.39, 0.29) is 5.54 Å². The van der Waals surface area contributed by atoms with Crippen LogP contribution in [-0.4, -0.2) is 22.2 Å². The molecule has 1 aromatic heterocycles. The van der Waals surface area contributed by atoms with Crippen molar-refractivity contribution < 1.29 is 5.11 Å². The third kappa shape index (κ3) is 4.15. The molecular weight excluding hydrogens is 248 g/mol. The molecule has 0 aliphatic rings. The Hall–Kier alpha value is -1.71. The molecule has 2 aromatic rings. The van der Waals surface area contributed by atoms with Crippen LogP contribution in [0.3, 0.4) is 0 Å². The van der Waals surface area contributed by atoms with Gasteiger partial charge in [-0.05, 0) is 32.9 Å². The maximum Gasteiger partial charge on any atom is 0.108 e. The highest BCUT2D eigenvalue weighted by molar-refractivity contribution is 5.58. The molecule has 1 heterocycles. The van der Waals surface area contributed by atoms with E-state index in [9.17, 15) is 5.11 Å². The summed E-state index contributed by atoms with van der Waals surface area (Å²) in [5, 5.41) is 13.5. The number of nitrogens with zero attached hydrogens (tertiary/aromatic N) is 1. The highest BCUT2D eigenvalue weighted by Gasteiger charge is 2.14. The van der Waals surface area contributed by atoms with Crippen molar-refractivity contribution in [3.8, 4) is 11.3 Å². The molecule has 106 valence electrons. The molecule has 2 rings (SSSR count). The number of benzene rings is 1. The number of aliphatic hydroxyl groups is 1. The molecule has 0 unspecified atom stereocenters. The van der Waals surface area contributed by atoms with Crippen molar-refractivity contribution in [1.82, 2.24) is 10.3 Å². The zero-order chi connectivity index (χ0) is 14.6. The van der Waals surface area contributed by atoms with Gasteiger partial charge in [-0.2, -0.15) is 0 Å². The van der Waals surface area contributed by atoms with E-state index in [0.717, 1.165) is 11.3 Å². The number of nitrogens with one attached hydrogen (secondary N) is 1. The first kappa shape index (κ1) is 14.7. The van der Waals surface area contributed by atoms with E-state index in [4.69, 9.17) is 0 Å². The number of hydrogen-bond donors (Lipinski definition) is 2. The normalized spacial score (nSPS) is 13.2. The number of aromatic nitrogens is 1. The lowest BCUT2D eigenvalue weighted by atomic mass is 10.1. The summed E-state index contributed by atoms with van der Waals surface area (Å²) >= 11 is 0. The molecule has 3 heteroatoms. The van der Waals surface area contributed by atoms with Gasteiger partial charge in [0, 0.05) is 17.6 Å². The third-order valence-electron chi connectivity index (χ3n) is 3.01. The van der Waals surface area contributed by atoms with Crippen molar-refractivity contribution >= 4 is 0 Å². The average Bonchev–Trinajstić information content (AvgIpc) is 2.45. The molecule has 3 nitrogen and oxygen atoms in total. The number of aliphatic hydroxyl groups excluding tert-OH is 1. The predicted octanol–water partition coefficient (Wildman–Crippen LogP) is 3.17. The van der Waals surface area contributed by atoms with Crippen LogP contribution in [0.15, 0.2) is 48.5 Å². The van der Waals surface area contributed by atoms with Gasteiger partial charge in [-0.25, -0.2) is 0 Å². The van der Waals surface area contributed by atoms with Crippen LogP contribution < -0.4 is 5.32 Å². The Kier molecular flexibility index (Phi) is 4.53. The molecule has 0 spiro atoms. The van der Waals surface area contributed by atoms with Crippen molar-refractivity contribution in [3.05, 3.63) is 54.2 Å². The molecular formula is C17H22N2O. The molecule has 0 aliphatic heterocycles. The fourth-order valence-corrected chi connectivity index (χ4v) is 1.91. The van der Waals surface area contributed by atoms with Gasteiger partial charge in [-0.3, -0.25) is 4.98 Å². The second-order valence-corrected chi connectivity index (χ2v) is 5.96. The van der Waals surface area contributed by atoms with Crippen LogP contribution in [-0.2, 0) is 0 Å². The summed E-state index contributed by atoms with van der Waals surface area (Å²) in [6.45, 7) is 6.73. The standard InChI is InChI=1S/C17H22N2O/c1-17(2,3)18-12-16(20)15-11-7-10-14(19-15)13-8-5-4-6-9-13/h4-11,16,18,20H,12H2,1-3H3/t16-/m0/s1. The second kappa shape index (κ2) is 6.16. The van der Waals surface area contributed by atoms with Crippen LogP contribution >= 0.6 is 0 Å². The van der Waals surface area contributed by atoms with Crippen molar-refractivity contribution in [3.63, 3.8) is 0 Å². The summed E-state index contributed by atoms with van der Waals surface area (Å²) in [5.74, 6) is 0. The van der Waals surface area contributed by atoms with Gasteiger partial charge in [0.15, 0.2) is 0 Å². The van der Waals surface area contributed by atoms with Crippen LogP contribution in [0.2, 0.25) is 0 Å². The largest absolute Gasteiger partial charge is 0.385 e. The highest BCUT2D eigenvalue weighted by Crippen LogP contribution is 2.19. The second-order valence-electron chi connectivity index (χ2n) is 5.96. The molecule has 20 heavy (non-hydrogen) atoms. The van der Waals surface area contributed by atoms with Crippen molar-refractivity contribution in [2.75, 3.05) is 6.54 Å². The Balaban J connectivity index is 2.14. The molecule has 0 amide bonds. The van der Waals surface area contributed by atoms with Gasteiger partial charge in [0.05, 0.1) is 11.4 Å². The predicted molar refractivity (Wildman–Crippen MR) is 82.4 cm³/mol. The Bertz CT molecular complexity index is 546. The summed E-state index contributed by atoms with van der Waals surface area (Å²) in [6, 6.07) is 15.8. The SMILES string of the molecule is CC(C)(C)NC[C@H](O)c1cccc(-c2ccccc2)n1. The topological polar surface area (TPSA) is 45.1 Å². The summed E-state index contributed by atoms with van der Waals surface area (Å²) in [5.41, 5.74) is 2.63. The number of hydrogen-bond acceptors (Lipinski definition) is 3. The monoisotopic (exact) mass is 270 g/mol. The van der Waals surface area contributed by atoms with Crippen LogP contribution in [0.5, 0.6) is 0 Å². The van der Waals surface area contributed by atoms with Crippen molar-refractivity contribution in [1.29, 1.82) is 0 Å². The Labute approximate surface area is 120 Å². The molecule has 1 aromatic carbocycles. The molecule has 0 aliphatic carbocycles. The Morgan fingerprint density at radius 2 is 1.75 bits per heavy atom. The first-order chi connectivity index (χ1) is 9.46. The minimum Gasteiger partial charge on any atom is -0.385 e. The highest BCUT2D eigenvalue weighted by atomic mass is 16.3. The lowest BCUT2D eigenvalue weighted by molar-refractivity contribution is 0.159. The summed E-state index contributed by atoms with van der Waals surface area (Å²) < 4.78 is 0. The summed E-state index contributed by atoms with van der Waals surface area (Å²) in [7, 11) is 0. The summed E-state index contributed by atoms with van der Waals surface area (Å²) in [4.78, 5) is 4.55. The zero-order valence-electron chi connectivity index (χ0n) is 12.3. The molecule has 0 saturated heterocycles. The lowest BCUT2D eigenvalue weighted by Crippen LogP contribution is -2.38. The van der Waals surface area contributed by atoms with E-state index in [1.807, 2.05) is 48.5 Å². The fourth-order valence-electron chi connectivity index (χ4n) is 1.91. The van der Waals surface area contributed by atoms with E-state index in [1.54, 1.807) is 0 Å². The maximum atomic E-state index is 10.2. The minimum atomic E-state index is -0.599. The smallest absolute Gasteiger partial charge is 0.108 e. The van der Waals surface area contributed by atoms with Crippen LogP contribution in [0.1, 0.15) is 32.6 Å². The van der Waals surface area contributed by atoms with Gasteiger partial charge in [0.2, 0.25) is 0 Å². The van der Waals surface area contributed by atoms with E-state index < -0.39 is 6.10 Å². The van der Waals surface area contributed by atoms with Gasteiger partial charge in [-0.1, -0.05) is 36.4 Å². The third-order valence-corrected chi connectivity index (χ3v) is 3.01. The van der Waals surface area contributed by atoms with Gasteiger partial charge in [-0.15, -0.1) is 0 Å². The number of β-amino-alcohol motifs (C(OH)–C–C–N with tert-alkyl or cyclic N) is 1. The minimum absolute atomic E-state index is 0.0159. The molecule has 2 N–H and O–H groups in total. The first-order valence-electron chi connectivity index (χ1n) is 6.91. The van der Waals surface area contributed by atoms with Crippen molar-refractivity contribution in [2.45, 2.75) is 32.4 Å². The Morgan fingerprint density at radius 3 is 2.40 bits per heavy atom. The van der Waals surface area contributed by atoms with E-state index in [2.05, 4.69) is 31.1 Å². The van der Waals surface area contributed by atoms with E-state index >= 15 is 0 Å². The van der Waals surface area contributed by atoms with Gasteiger partial charge in [0.1, 0.15) is 6.10 Å². The van der Waals surface area contributed by atoms with Crippen LogP contribution in [0.25, 0.3) is 11.3 Å². The van der Waals surface area contributed by atoms with Gasteiger partial charge in [0.25, 0.3) is 0 Å². The van der Waals surface area contributed by atoms with Gasteiger partial charge >= 0.3 is 0 Å². The molecule has 0 bridgehead atoms. The van der Waals surface area contributed by atoms with Gasteiger partial charge < -0.3 is 10.4 Å². The van der Waals surface area contributed by atoms with Crippen LogP contribution in [0, 0.1) is 0 Å². The van der Waals surface area contributed by atoms with E-state index in [1.165, 1.54) is 0 Å². The molecule has 0 radical (unpaired) electrons. The molecule has 0 saturated carbocycles. The first-order valence-corrected chi connectivity index (χ1v) is 6.91. The number of pyridine rings is 1. The average molecular weight is 270 g/mol.